The predicted molar refractivity (Wildman–Crippen MR) is 160 cm³/mol. The Labute approximate surface area is 237 Å². The molecule has 218 valence electrons. The van der Waals surface area contributed by atoms with Gasteiger partial charge < -0.3 is 10.2 Å². The monoisotopic (exact) mass is 538 g/mol. The zero-order valence-electron chi connectivity index (χ0n) is 25.5. The number of carbonyl (C=O) groups excluding carboxylic acids is 2. The molecule has 0 unspecified atom stereocenters. The van der Waals surface area contributed by atoms with Gasteiger partial charge in [-0.05, 0) is 99.2 Å². The smallest absolute Gasteiger partial charge is 0.168 e. The van der Waals surface area contributed by atoms with E-state index in [1.807, 2.05) is 6.92 Å². The third-order valence-electron chi connectivity index (χ3n) is 10.6. The van der Waals surface area contributed by atoms with Gasteiger partial charge in [-0.1, -0.05) is 77.3 Å². The lowest BCUT2D eigenvalue weighted by molar-refractivity contribution is -0.136. The average molecular weight is 539 g/mol. The Morgan fingerprint density at radius 3 is 2.56 bits per heavy atom. The number of unbranched alkanes of at least 4 members (excludes halogenated alkanes) is 3. The quantitative estimate of drug-likeness (QED) is 0.161. The van der Waals surface area contributed by atoms with Gasteiger partial charge in [-0.2, -0.15) is 0 Å². The Morgan fingerprint density at radius 2 is 1.87 bits per heavy atom. The summed E-state index contributed by atoms with van der Waals surface area (Å²) >= 11 is 0. The van der Waals surface area contributed by atoms with Crippen LogP contribution in [0, 0.1) is 34.5 Å². The second kappa shape index (κ2) is 13.3. The van der Waals surface area contributed by atoms with Gasteiger partial charge in [0, 0.05) is 12.3 Å². The van der Waals surface area contributed by atoms with Gasteiger partial charge in [0.25, 0.3) is 0 Å². The zero-order valence-corrected chi connectivity index (χ0v) is 25.5. The average Bonchev–Trinajstić information content (AvgIpc) is 3.26. The van der Waals surface area contributed by atoms with E-state index in [1.165, 1.54) is 12.0 Å². The van der Waals surface area contributed by atoms with Gasteiger partial charge in [0.05, 0.1) is 17.6 Å². The zero-order chi connectivity index (χ0) is 29.0. The van der Waals surface area contributed by atoms with Crippen molar-refractivity contribution < 1.29 is 19.8 Å². The minimum atomic E-state index is -0.957. The van der Waals surface area contributed by atoms with E-state index in [4.69, 9.17) is 0 Å². The highest BCUT2D eigenvalue weighted by atomic mass is 16.3. The molecule has 4 heteroatoms. The maximum atomic E-state index is 13.1. The predicted octanol–water partition coefficient (Wildman–Crippen LogP) is 7.70. The van der Waals surface area contributed by atoms with E-state index >= 15 is 0 Å². The lowest BCUT2D eigenvalue weighted by atomic mass is 9.61. The largest absolute Gasteiger partial charge is 0.392 e. The molecule has 3 aliphatic rings. The van der Waals surface area contributed by atoms with E-state index in [1.54, 1.807) is 19.9 Å². The summed E-state index contributed by atoms with van der Waals surface area (Å²) in [5, 5.41) is 20.8. The minimum Gasteiger partial charge on any atom is -0.392 e. The van der Waals surface area contributed by atoms with Crippen LogP contribution in [-0.2, 0) is 9.59 Å². The molecular weight excluding hydrogens is 484 g/mol. The molecule has 0 amide bonds. The maximum Gasteiger partial charge on any atom is 0.168 e. The first-order chi connectivity index (χ1) is 18.3. The molecule has 0 heterocycles. The number of aliphatic hydroxyl groups excluding tert-OH is 2. The Bertz CT molecular complexity index is 998. The molecule has 0 aliphatic heterocycles. The van der Waals surface area contributed by atoms with Crippen LogP contribution in [0.5, 0.6) is 0 Å². The van der Waals surface area contributed by atoms with Crippen LogP contribution in [0.4, 0.5) is 0 Å². The van der Waals surface area contributed by atoms with Crippen molar-refractivity contribution in [2.24, 2.45) is 34.5 Å². The molecule has 3 rings (SSSR count). The van der Waals surface area contributed by atoms with Gasteiger partial charge in [-0.15, -0.1) is 0 Å². The van der Waals surface area contributed by atoms with Crippen LogP contribution in [0.25, 0.3) is 0 Å². The highest BCUT2D eigenvalue weighted by molar-refractivity contribution is 6.10. The van der Waals surface area contributed by atoms with E-state index in [0.717, 1.165) is 62.5 Å². The Kier molecular flexibility index (Phi) is 10.8. The highest BCUT2D eigenvalue weighted by Crippen LogP contribution is 2.59. The molecular formula is C35H54O4. The number of Topliss-reactive ketones (excluding diaryl/α,β-unsaturated/α-hetero) is 1. The van der Waals surface area contributed by atoms with Crippen LogP contribution in [0.2, 0.25) is 0 Å². The number of hydrogen-bond donors (Lipinski definition) is 2. The van der Waals surface area contributed by atoms with Crippen molar-refractivity contribution in [3.05, 3.63) is 47.6 Å². The number of fused-ring (bicyclic) bond motifs is 1. The molecule has 0 aromatic rings. The molecule has 0 spiro atoms. The first-order valence-corrected chi connectivity index (χ1v) is 15.5. The van der Waals surface area contributed by atoms with Gasteiger partial charge in [0.15, 0.2) is 5.78 Å². The van der Waals surface area contributed by atoms with Crippen LogP contribution >= 0.6 is 0 Å². The summed E-state index contributed by atoms with van der Waals surface area (Å²) < 4.78 is 0. The van der Waals surface area contributed by atoms with Crippen molar-refractivity contribution in [1.82, 2.24) is 0 Å². The number of hydrogen-bond acceptors (Lipinski definition) is 4. The molecule has 39 heavy (non-hydrogen) atoms. The van der Waals surface area contributed by atoms with Crippen LogP contribution in [0.3, 0.4) is 0 Å². The fourth-order valence-electron chi connectivity index (χ4n) is 7.53. The molecule has 3 aliphatic carbocycles. The van der Waals surface area contributed by atoms with Crippen molar-refractivity contribution in [3.63, 3.8) is 0 Å². The number of allylic oxidation sites excluding steroid dienone is 5. The lowest BCUT2D eigenvalue weighted by Crippen LogP contribution is -2.36. The fraction of sp³-hybridized carbons (Fsp3) is 0.714. The molecule has 4 nitrogen and oxygen atoms in total. The third kappa shape index (κ3) is 6.93. The van der Waals surface area contributed by atoms with E-state index < -0.39 is 17.6 Å². The van der Waals surface area contributed by atoms with E-state index in [2.05, 4.69) is 45.6 Å². The SMILES string of the molecule is C=C1/C(=C\C=C2/CCC[C@]3(C)[C@@H]([C@@H](C)/C=C/C(=O)C(C)(C)C(=O)CCCCCC)CC[C@@H]23)C[C@@H](O)[C@H](C)[C@@H]1O. The summed E-state index contributed by atoms with van der Waals surface area (Å²) in [6, 6.07) is 0. The summed E-state index contributed by atoms with van der Waals surface area (Å²) in [7, 11) is 0. The Morgan fingerprint density at radius 1 is 1.15 bits per heavy atom. The van der Waals surface area contributed by atoms with Gasteiger partial charge >= 0.3 is 0 Å². The van der Waals surface area contributed by atoms with Crippen LogP contribution in [0.1, 0.15) is 112 Å². The normalized spacial score (nSPS) is 34.6. The first-order valence-electron chi connectivity index (χ1n) is 15.5. The second-order valence-electron chi connectivity index (χ2n) is 13.6. The second-order valence-corrected chi connectivity index (χ2v) is 13.6. The van der Waals surface area contributed by atoms with Crippen molar-refractivity contribution in [2.45, 2.75) is 124 Å². The highest BCUT2D eigenvalue weighted by Gasteiger charge is 2.50. The Balaban J connectivity index is 1.68. The van der Waals surface area contributed by atoms with Crippen LogP contribution < -0.4 is 0 Å². The summed E-state index contributed by atoms with van der Waals surface area (Å²) in [5.74, 6) is 1.06. The van der Waals surface area contributed by atoms with Gasteiger partial charge in [-0.3, -0.25) is 9.59 Å². The molecule has 0 saturated heterocycles. The van der Waals surface area contributed by atoms with Gasteiger partial charge in [0.1, 0.15) is 5.78 Å². The van der Waals surface area contributed by atoms with Crippen LogP contribution in [-0.4, -0.2) is 34.0 Å². The van der Waals surface area contributed by atoms with E-state index in [9.17, 15) is 19.8 Å². The topological polar surface area (TPSA) is 74.6 Å². The van der Waals surface area contributed by atoms with Gasteiger partial charge in [-0.25, -0.2) is 0 Å². The van der Waals surface area contributed by atoms with Crippen molar-refractivity contribution in [3.8, 4) is 0 Å². The molecule has 7 atom stereocenters. The maximum absolute atomic E-state index is 13.1. The summed E-state index contributed by atoms with van der Waals surface area (Å²) in [5.41, 5.74) is 2.38. The Hall–Kier alpha value is -1.78. The molecule has 3 saturated carbocycles. The number of ketones is 2. The van der Waals surface area contributed by atoms with Crippen molar-refractivity contribution >= 4 is 11.6 Å². The first kappa shape index (κ1) is 31.7. The molecule has 0 aromatic heterocycles. The number of carbonyl (C=O) groups is 2. The summed E-state index contributed by atoms with van der Waals surface area (Å²) in [4.78, 5) is 25.9. The van der Waals surface area contributed by atoms with Crippen molar-refractivity contribution in [2.75, 3.05) is 0 Å². The fourth-order valence-corrected chi connectivity index (χ4v) is 7.53. The molecule has 0 bridgehead atoms. The van der Waals surface area contributed by atoms with E-state index in [0.29, 0.717) is 24.7 Å². The summed E-state index contributed by atoms with van der Waals surface area (Å²) in [6.45, 7) is 16.4. The molecule has 0 radical (unpaired) electrons. The van der Waals surface area contributed by atoms with E-state index in [-0.39, 0.29) is 28.8 Å². The third-order valence-corrected chi connectivity index (χ3v) is 10.6. The standard InChI is InChI=1S/C35H54O4/c1-8-9-10-11-14-31(37)34(5,6)32(38)20-15-23(2)28-18-19-29-26(13-12-21-35(28,29)7)16-17-27-22-30(36)25(4)33(39)24(27)3/h15-17,20,23,25,28-30,33,36,39H,3,8-14,18-19,21-22H2,1-2,4-7H3/b20-15+,26-16+,27-17-/t23-,25-,28+,29-,30+,33+,35+/m0/s1. The van der Waals surface area contributed by atoms with Gasteiger partial charge in [0.2, 0.25) is 0 Å². The minimum absolute atomic E-state index is 0.0557. The van der Waals surface area contributed by atoms with Crippen LogP contribution in [0.15, 0.2) is 47.6 Å². The van der Waals surface area contributed by atoms with Crippen molar-refractivity contribution in [1.29, 1.82) is 0 Å². The number of rotatable bonds is 11. The lowest BCUT2D eigenvalue weighted by Gasteiger charge is -2.44. The summed E-state index contributed by atoms with van der Waals surface area (Å²) in [6.07, 6.45) is 17.8. The molecule has 2 N–H and O–H groups in total. The molecule has 3 fully saturated rings. The molecule has 0 aromatic carbocycles. The number of aliphatic hydroxyl groups is 2.